The van der Waals surface area contributed by atoms with Gasteiger partial charge in [-0.05, 0) is 31.2 Å². The van der Waals surface area contributed by atoms with E-state index in [1.54, 1.807) is 0 Å². The van der Waals surface area contributed by atoms with Crippen molar-refractivity contribution >= 4 is 10.0 Å². The van der Waals surface area contributed by atoms with Gasteiger partial charge in [-0.1, -0.05) is 43.2 Å². The minimum Gasteiger partial charge on any atom is -0.372 e. The Morgan fingerprint density at radius 3 is 2.58 bits per heavy atom. The topological polar surface area (TPSA) is 79.2 Å². The summed E-state index contributed by atoms with van der Waals surface area (Å²) in [5, 5.41) is 9.12. The fourth-order valence-corrected chi connectivity index (χ4v) is 5.18. The molecule has 1 aromatic rings. The molecular formula is C18H24N2O3S. The molecule has 0 saturated heterocycles. The Kier molecular flexibility index (Phi) is 5.24. The molecule has 1 N–H and O–H groups in total. The fraction of sp³-hybridized carbons (Fsp3) is 0.611. The summed E-state index contributed by atoms with van der Waals surface area (Å²) >= 11 is 0. The molecule has 2 aliphatic rings. The highest BCUT2D eigenvalue weighted by atomic mass is 32.2. The summed E-state index contributed by atoms with van der Waals surface area (Å²) in [6.07, 6.45) is 4.97. The number of nitrogens with one attached hydrogen (secondary N) is 1. The van der Waals surface area contributed by atoms with Gasteiger partial charge < -0.3 is 4.74 Å². The first-order valence-corrected chi connectivity index (χ1v) is 10.2. The number of rotatable bonds is 7. The second-order valence-electron chi connectivity index (χ2n) is 7.00. The molecule has 0 radical (unpaired) electrons. The molecule has 2 aliphatic carbocycles. The second-order valence-corrected chi connectivity index (χ2v) is 8.75. The number of hydrogen-bond acceptors (Lipinski definition) is 4. The average molecular weight is 348 g/mol. The van der Waals surface area contributed by atoms with E-state index in [-0.39, 0.29) is 17.9 Å². The molecule has 1 aromatic carbocycles. The Balaban J connectivity index is 1.59. The maximum Gasteiger partial charge on any atom is 0.213 e. The van der Waals surface area contributed by atoms with Crippen molar-refractivity contribution in [2.24, 2.45) is 5.41 Å². The average Bonchev–Trinajstić information content (AvgIpc) is 3.34. The summed E-state index contributed by atoms with van der Waals surface area (Å²) in [7, 11) is -3.46. The molecule has 2 saturated carbocycles. The Morgan fingerprint density at radius 1 is 1.21 bits per heavy atom. The van der Waals surface area contributed by atoms with Crippen molar-refractivity contribution in [1.29, 1.82) is 5.26 Å². The lowest BCUT2D eigenvalue weighted by atomic mass is 9.93. The zero-order chi connectivity index (χ0) is 17.0. The number of nitriles is 1. The molecule has 130 valence electrons. The molecule has 0 heterocycles. The SMILES string of the molecule is N#CC1(CS(=O)(=O)N[C@@H]2CCCC[C@@H]2OCc2ccccc2)CC1. The van der Waals surface area contributed by atoms with E-state index >= 15 is 0 Å². The third-order valence-corrected chi connectivity index (χ3v) is 6.49. The number of hydrogen-bond donors (Lipinski definition) is 1. The van der Waals surface area contributed by atoms with Crippen molar-refractivity contribution in [3.05, 3.63) is 35.9 Å². The predicted molar refractivity (Wildman–Crippen MR) is 91.5 cm³/mol. The highest BCUT2D eigenvalue weighted by Gasteiger charge is 2.47. The first-order valence-electron chi connectivity index (χ1n) is 8.59. The van der Waals surface area contributed by atoms with Gasteiger partial charge in [0, 0.05) is 6.04 Å². The molecule has 2 fully saturated rings. The molecule has 0 aromatic heterocycles. The molecule has 0 spiro atoms. The number of ether oxygens (including phenoxy) is 1. The Hall–Kier alpha value is -1.42. The zero-order valence-electron chi connectivity index (χ0n) is 13.8. The van der Waals surface area contributed by atoms with Gasteiger partial charge in [0.2, 0.25) is 10.0 Å². The third kappa shape index (κ3) is 4.56. The smallest absolute Gasteiger partial charge is 0.213 e. The van der Waals surface area contributed by atoms with Crippen LogP contribution in [0.5, 0.6) is 0 Å². The minimum atomic E-state index is -3.46. The van der Waals surface area contributed by atoms with Crippen molar-refractivity contribution < 1.29 is 13.2 Å². The summed E-state index contributed by atoms with van der Waals surface area (Å²) in [6.45, 7) is 0.492. The van der Waals surface area contributed by atoms with E-state index in [0.717, 1.165) is 31.2 Å². The van der Waals surface area contributed by atoms with Crippen LogP contribution in [0.25, 0.3) is 0 Å². The van der Waals surface area contributed by atoms with Crippen LogP contribution in [-0.4, -0.2) is 26.3 Å². The van der Waals surface area contributed by atoms with Gasteiger partial charge in [-0.2, -0.15) is 5.26 Å². The summed E-state index contributed by atoms with van der Waals surface area (Å²) in [5.74, 6) is -0.0849. The number of sulfonamides is 1. The van der Waals surface area contributed by atoms with E-state index in [1.165, 1.54) is 0 Å². The second kappa shape index (κ2) is 7.22. The number of nitrogens with zero attached hydrogens (tertiary/aromatic N) is 1. The maximum absolute atomic E-state index is 12.4. The lowest BCUT2D eigenvalue weighted by molar-refractivity contribution is 0.0000145. The van der Waals surface area contributed by atoms with Gasteiger partial charge in [-0.25, -0.2) is 13.1 Å². The minimum absolute atomic E-state index is 0.0849. The summed E-state index contributed by atoms with van der Waals surface area (Å²) in [5.41, 5.74) is 0.437. The number of benzene rings is 1. The monoisotopic (exact) mass is 348 g/mol. The van der Waals surface area contributed by atoms with Gasteiger partial charge in [0.05, 0.1) is 29.9 Å². The van der Waals surface area contributed by atoms with Crippen LogP contribution in [0.4, 0.5) is 0 Å². The Bertz CT molecular complexity index is 693. The third-order valence-electron chi connectivity index (χ3n) is 4.90. The van der Waals surface area contributed by atoms with E-state index in [4.69, 9.17) is 10.00 Å². The molecule has 6 heteroatoms. The van der Waals surface area contributed by atoms with Crippen LogP contribution in [0.1, 0.15) is 44.1 Å². The molecule has 0 bridgehead atoms. The van der Waals surface area contributed by atoms with Crippen LogP contribution >= 0.6 is 0 Å². The van der Waals surface area contributed by atoms with E-state index in [1.807, 2.05) is 30.3 Å². The normalized spacial score (nSPS) is 25.8. The van der Waals surface area contributed by atoms with Gasteiger partial charge >= 0.3 is 0 Å². The van der Waals surface area contributed by atoms with E-state index < -0.39 is 15.4 Å². The van der Waals surface area contributed by atoms with Gasteiger partial charge in [0.1, 0.15) is 0 Å². The summed E-state index contributed by atoms with van der Waals surface area (Å²) < 4.78 is 33.6. The lowest BCUT2D eigenvalue weighted by Crippen LogP contribution is -2.47. The molecular weight excluding hydrogens is 324 g/mol. The van der Waals surface area contributed by atoms with Gasteiger partial charge in [0.25, 0.3) is 0 Å². The van der Waals surface area contributed by atoms with Crippen molar-refractivity contribution in [2.45, 2.75) is 57.3 Å². The van der Waals surface area contributed by atoms with Crippen LogP contribution < -0.4 is 4.72 Å². The van der Waals surface area contributed by atoms with Crippen LogP contribution in [0, 0.1) is 16.7 Å². The molecule has 0 amide bonds. The van der Waals surface area contributed by atoms with E-state index in [9.17, 15) is 8.42 Å². The van der Waals surface area contributed by atoms with E-state index in [2.05, 4.69) is 10.8 Å². The molecule has 0 unspecified atom stereocenters. The van der Waals surface area contributed by atoms with Crippen LogP contribution in [0.3, 0.4) is 0 Å². The largest absolute Gasteiger partial charge is 0.372 e. The van der Waals surface area contributed by atoms with Crippen molar-refractivity contribution in [2.75, 3.05) is 5.75 Å². The fourth-order valence-electron chi connectivity index (χ4n) is 3.28. The predicted octanol–water partition coefficient (Wildman–Crippen LogP) is 2.74. The molecule has 3 rings (SSSR count). The standard InChI is InChI=1S/C18H24N2O3S/c19-13-18(10-11-18)14-24(21,22)20-16-8-4-5-9-17(16)23-12-15-6-2-1-3-7-15/h1-3,6-7,16-17,20H,4-5,8-12,14H2/t16-,17+/m1/s1. The highest BCUT2D eigenvalue weighted by molar-refractivity contribution is 7.89. The van der Waals surface area contributed by atoms with Crippen molar-refractivity contribution in [1.82, 2.24) is 4.72 Å². The molecule has 2 atom stereocenters. The molecule has 24 heavy (non-hydrogen) atoms. The van der Waals surface area contributed by atoms with Gasteiger partial charge in [-0.15, -0.1) is 0 Å². The first kappa shape index (κ1) is 17.4. The van der Waals surface area contributed by atoms with Crippen molar-refractivity contribution in [3.63, 3.8) is 0 Å². The lowest BCUT2D eigenvalue weighted by Gasteiger charge is -2.32. The Morgan fingerprint density at radius 2 is 1.92 bits per heavy atom. The van der Waals surface area contributed by atoms with Gasteiger partial charge in [0.15, 0.2) is 0 Å². The van der Waals surface area contributed by atoms with Gasteiger partial charge in [-0.3, -0.25) is 0 Å². The Labute approximate surface area is 144 Å². The quantitative estimate of drug-likeness (QED) is 0.822. The zero-order valence-corrected chi connectivity index (χ0v) is 14.6. The van der Waals surface area contributed by atoms with Crippen LogP contribution in [0.15, 0.2) is 30.3 Å². The summed E-state index contributed by atoms with van der Waals surface area (Å²) in [6, 6.07) is 11.9. The first-order chi connectivity index (χ1) is 11.5. The van der Waals surface area contributed by atoms with Crippen LogP contribution in [-0.2, 0) is 21.4 Å². The summed E-state index contributed by atoms with van der Waals surface area (Å²) in [4.78, 5) is 0. The van der Waals surface area contributed by atoms with Crippen molar-refractivity contribution in [3.8, 4) is 6.07 Å². The maximum atomic E-state index is 12.4. The van der Waals surface area contributed by atoms with E-state index in [0.29, 0.717) is 19.4 Å². The molecule has 0 aliphatic heterocycles. The van der Waals surface area contributed by atoms with Crippen LogP contribution in [0.2, 0.25) is 0 Å². The highest BCUT2D eigenvalue weighted by Crippen LogP contribution is 2.45. The molecule has 5 nitrogen and oxygen atoms in total.